The molecule has 1 aromatic carbocycles. The molecule has 4 aromatic rings. The average molecular weight is 318 g/mol. The predicted molar refractivity (Wildman–Crippen MR) is 93.7 cm³/mol. The Morgan fingerprint density at radius 1 is 1.12 bits per heavy atom. The van der Waals surface area contributed by atoms with Crippen LogP contribution in [0.15, 0.2) is 55.1 Å². The molecule has 0 aliphatic heterocycles. The van der Waals surface area contributed by atoms with Crippen molar-refractivity contribution in [2.24, 2.45) is 7.05 Å². The Bertz CT molecular complexity index is 998. The Kier molecular flexibility index (Phi) is 3.49. The Labute approximate surface area is 139 Å². The number of pyridine rings is 1. The van der Waals surface area contributed by atoms with Gasteiger partial charge in [-0.3, -0.25) is 4.68 Å². The molecule has 0 aliphatic carbocycles. The van der Waals surface area contributed by atoms with Gasteiger partial charge in [-0.15, -0.1) is 0 Å². The van der Waals surface area contributed by atoms with Crippen LogP contribution in [0.1, 0.15) is 11.3 Å². The van der Waals surface area contributed by atoms with Crippen molar-refractivity contribution in [1.82, 2.24) is 24.1 Å². The van der Waals surface area contributed by atoms with Crippen LogP contribution in [0.4, 0.5) is 5.69 Å². The second-order valence-corrected chi connectivity index (χ2v) is 5.86. The second kappa shape index (κ2) is 5.81. The summed E-state index contributed by atoms with van der Waals surface area (Å²) in [7, 11) is 1.87. The van der Waals surface area contributed by atoms with E-state index in [0.29, 0.717) is 6.54 Å². The number of anilines is 1. The molecule has 0 amide bonds. The second-order valence-electron chi connectivity index (χ2n) is 5.86. The zero-order valence-corrected chi connectivity index (χ0v) is 13.6. The third kappa shape index (κ3) is 2.74. The topological polar surface area (TPSA) is 60.0 Å². The highest BCUT2D eigenvalue weighted by molar-refractivity contribution is 5.62. The lowest BCUT2D eigenvalue weighted by Crippen LogP contribution is -2.03. The SMILES string of the molecule is Cc1ccc2ncc(CNc3cccc(-c4ncn(C)n4)c3)n2c1. The summed E-state index contributed by atoms with van der Waals surface area (Å²) in [6.07, 6.45) is 5.72. The molecule has 4 rings (SSSR count). The number of rotatable bonds is 4. The molecule has 0 saturated heterocycles. The summed E-state index contributed by atoms with van der Waals surface area (Å²) in [5, 5.41) is 7.80. The number of hydrogen-bond acceptors (Lipinski definition) is 4. The third-order valence-electron chi connectivity index (χ3n) is 3.92. The Morgan fingerprint density at radius 3 is 2.88 bits per heavy atom. The first-order valence-corrected chi connectivity index (χ1v) is 7.81. The number of hydrogen-bond donors (Lipinski definition) is 1. The van der Waals surface area contributed by atoms with Gasteiger partial charge in [-0.05, 0) is 30.7 Å². The fourth-order valence-corrected chi connectivity index (χ4v) is 2.70. The molecule has 0 fully saturated rings. The summed E-state index contributed by atoms with van der Waals surface area (Å²) >= 11 is 0. The van der Waals surface area contributed by atoms with Crippen molar-refractivity contribution in [2.45, 2.75) is 13.5 Å². The number of benzene rings is 1. The van der Waals surface area contributed by atoms with E-state index in [2.05, 4.69) is 50.0 Å². The van der Waals surface area contributed by atoms with Gasteiger partial charge in [0.1, 0.15) is 12.0 Å². The molecule has 6 nitrogen and oxygen atoms in total. The summed E-state index contributed by atoms with van der Waals surface area (Å²) in [5.41, 5.74) is 5.32. The van der Waals surface area contributed by atoms with Crippen LogP contribution < -0.4 is 5.32 Å². The molecule has 0 unspecified atom stereocenters. The van der Waals surface area contributed by atoms with Crippen LogP contribution >= 0.6 is 0 Å². The van der Waals surface area contributed by atoms with E-state index in [-0.39, 0.29) is 0 Å². The maximum Gasteiger partial charge on any atom is 0.181 e. The molecule has 0 saturated carbocycles. The maximum atomic E-state index is 4.44. The quantitative estimate of drug-likeness (QED) is 0.628. The van der Waals surface area contributed by atoms with Crippen LogP contribution in [-0.2, 0) is 13.6 Å². The molecule has 3 aromatic heterocycles. The number of aromatic nitrogens is 5. The van der Waals surface area contributed by atoms with Gasteiger partial charge in [0.25, 0.3) is 0 Å². The van der Waals surface area contributed by atoms with Gasteiger partial charge < -0.3 is 9.72 Å². The number of nitrogens with one attached hydrogen (secondary N) is 1. The highest BCUT2D eigenvalue weighted by atomic mass is 15.3. The average Bonchev–Trinajstić information content (AvgIpc) is 3.19. The van der Waals surface area contributed by atoms with Gasteiger partial charge in [0.15, 0.2) is 5.82 Å². The van der Waals surface area contributed by atoms with Crippen molar-refractivity contribution in [1.29, 1.82) is 0 Å². The van der Waals surface area contributed by atoms with E-state index >= 15 is 0 Å². The monoisotopic (exact) mass is 318 g/mol. The fraction of sp³-hybridized carbons (Fsp3) is 0.167. The molecule has 24 heavy (non-hydrogen) atoms. The van der Waals surface area contributed by atoms with E-state index in [9.17, 15) is 0 Å². The molecule has 120 valence electrons. The minimum absolute atomic E-state index is 0.698. The summed E-state index contributed by atoms with van der Waals surface area (Å²) in [4.78, 5) is 8.74. The molecule has 0 aliphatic rings. The third-order valence-corrected chi connectivity index (χ3v) is 3.92. The first kappa shape index (κ1) is 14.4. The van der Waals surface area contributed by atoms with Crippen LogP contribution in [0.5, 0.6) is 0 Å². The van der Waals surface area contributed by atoms with Crippen molar-refractivity contribution < 1.29 is 0 Å². The standard InChI is InChI=1S/C18H18N6/c1-13-6-7-17-20-10-16(24(17)11-13)9-19-15-5-3-4-14(8-15)18-21-12-23(2)22-18/h3-8,10-12,19H,9H2,1-2H3. The minimum Gasteiger partial charge on any atom is -0.379 e. The molecular formula is C18H18N6. The molecule has 0 atom stereocenters. The summed E-state index contributed by atoms with van der Waals surface area (Å²) in [6, 6.07) is 12.2. The smallest absolute Gasteiger partial charge is 0.181 e. The first-order valence-electron chi connectivity index (χ1n) is 7.81. The van der Waals surface area contributed by atoms with Crippen molar-refractivity contribution in [3.8, 4) is 11.4 Å². The van der Waals surface area contributed by atoms with Gasteiger partial charge in [-0.25, -0.2) is 9.97 Å². The van der Waals surface area contributed by atoms with Gasteiger partial charge >= 0.3 is 0 Å². The minimum atomic E-state index is 0.698. The number of aryl methyl sites for hydroxylation is 2. The van der Waals surface area contributed by atoms with E-state index in [4.69, 9.17) is 0 Å². The van der Waals surface area contributed by atoms with Gasteiger partial charge in [0.05, 0.1) is 18.4 Å². The first-order chi connectivity index (χ1) is 11.7. The number of fused-ring (bicyclic) bond motifs is 1. The van der Waals surface area contributed by atoms with Crippen molar-refractivity contribution >= 4 is 11.3 Å². The summed E-state index contributed by atoms with van der Waals surface area (Å²) in [6.45, 7) is 2.78. The van der Waals surface area contributed by atoms with Crippen LogP contribution in [0, 0.1) is 6.92 Å². The van der Waals surface area contributed by atoms with Crippen LogP contribution in [0.2, 0.25) is 0 Å². The highest BCUT2D eigenvalue weighted by Crippen LogP contribution is 2.20. The van der Waals surface area contributed by atoms with Gasteiger partial charge in [0, 0.05) is 24.5 Å². The molecule has 0 bridgehead atoms. The molecule has 6 heteroatoms. The van der Waals surface area contributed by atoms with Crippen molar-refractivity contribution in [3.63, 3.8) is 0 Å². The van der Waals surface area contributed by atoms with Crippen molar-refractivity contribution in [2.75, 3.05) is 5.32 Å². The van der Waals surface area contributed by atoms with Crippen LogP contribution in [0.25, 0.3) is 17.0 Å². The number of nitrogens with zero attached hydrogens (tertiary/aromatic N) is 5. The van der Waals surface area contributed by atoms with E-state index in [0.717, 1.165) is 28.4 Å². The Morgan fingerprint density at radius 2 is 2.04 bits per heavy atom. The Balaban J connectivity index is 1.56. The molecule has 0 radical (unpaired) electrons. The predicted octanol–water partition coefficient (Wildman–Crippen LogP) is 3.05. The maximum absolute atomic E-state index is 4.44. The number of imidazole rings is 1. The largest absolute Gasteiger partial charge is 0.379 e. The zero-order chi connectivity index (χ0) is 16.5. The van der Waals surface area contributed by atoms with Gasteiger partial charge in [-0.1, -0.05) is 18.2 Å². The lowest BCUT2D eigenvalue weighted by Gasteiger charge is -2.08. The molecular weight excluding hydrogens is 300 g/mol. The normalized spacial score (nSPS) is 11.1. The lowest BCUT2D eigenvalue weighted by atomic mass is 10.2. The van der Waals surface area contributed by atoms with E-state index in [1.165, 1.54) is 5.56 Å². The van der Waals surface area contributed by atoms with E-state index in [1.807, 2.05) is 37.5 Å². The summed E-state index contributed by atoms with van der Waals surface area (Å²) < 4.78 is 3.82. The fourth-order valence-electron chi connectivity index (χ4n) is 2.70. The molecule has 1 N–H and O–H groups in total. The van der Waals surface area contributed by atoms with Gasteiger partial charge in [-0.2, -0.15) is 5.10 Å². The summed E-state index contributed by atoms with van der Waals surface area (Å²) in [5.74, 6) is 0.728. The van der Waals surface area contributed by atoms with Crippen molar-refractivity contribution in [3.05, 3.63) is 66.4 Å². The zero-order valence-electron chi connectivity index (χ0n) is 13.6. The van der Waals surface area contributed by atoms with E-state index in [1.54, 1.807) is 11.0 Å². The molecule has 0 spiro atoms. The van der Waals surface area contributed by atoms with Crippen LogP contribution in [0.3, 0.4) is 0 Å². The lowest BCUT2D eigenvalue weighted by molar-refractivity contribution is 0.768. The van der Waals surface area contributed by atoms with E-state index < -0.39 is 0 Å². The molecule has 3 heterocycles. The Hall–Kier alpha value is -3.15. The van der Waals surface area contributed by atoms with Crippen LogP contribution in [-0.4, -0.2) is 24.1 Å². The highest BCUT2D eigenvalue weighted by Gasteiger charge is 2.06. The van der Waals surface area contributed by atoms with Gasteiger partial charge in [0.2, 0.25) is 0 Å².